The molecule has 0 bridgehead atoms. The summed E-state index contributed by atoms with van der Waals surface area (Å²) in [6, 6.07) is 0. The Hall–Kier alpha value is -0.460. The standard InChI is InChI=1S/C3H4IN3O/c4-8-3-1-6-7(5)2-3/h1-2H,5H2. The molecule has 0 atom stereocenters. The Labute approximate surface area is 60.3 Å². The van der Waals surface area contributed by atoms with Gasteiger partial charge in [0.1, 0.15) is 0 Å². The topological polar surface area (TPSA) is 53.1 Å². The molecule has 0 spiro atoms. The van der Waals surface area contributed by atoms with Gasteiger partial charge in [-0.15, -0.1) is 0 Å². The Morgan fingerprint density at radius 2 is 2.62 bits per heavy atom. The quantitative estimate of drug-likeness (QED) is 0.553. The van der Waals surface area contributed by atoms with Gasteiger partial charge in [-0.3, -0.25) is 0 Å². The maximum Gasteiger partial charge on any atom is 0.192 e. The van der Waals surface area contributed by atoms with E-state index >= 15 is 0 Å². The highest BCUT2D eigenvalue weighted by Gasteiger charge is 1.91. The molecule has 1 rings (SSSR count). The van der Waals surface area contributed by atoms with Crippen LogP contribution < -0.4 is 8.91 Å². The number of rotatable bonds is 1. The Morgan fingerprint density at radius 1 is 1.88 bits per heavy atom. The van der Waals surface area contributed by atoms with Crippen molar-refractivity contribution in [3.8, 4) is 5.75 Å². The summed E-state index contributed by atoms with van der Waals surface area (Å²) in [6.45, 7) is 0. The van der Waals surface area contributed by atoms with Gasteiger partial charge in [-0.05, 0) is 0 Å². The first kappa shape index (κ1) is 5.67. The van der Waals surface area contributed by atoms with Gasteiger partial charge >= 0.3 is 0 Å². The normalized spacial score (nSPS) is 9.12. The molecule has 0 aliphatic carbocycles. The van der Waals surface area contributed by atoms with Gasteiger partial charge in [0.25, 0.3) is 0 Å². The smallest absolute Gasteiger partial charge is 0.192 e. The minimum Gasteiger partial charge on any atom is -0.424 e. The van der Waals surface area contributed by atoms with Crippen molar-refractivity contribution in [3.63, 3.8) is 0 Å². The second-order valence-corrected chi connectivity index (χ2v) is 1.67. The highest BCUT2D eigenvalue weighted by molar-refractivity contribution is 14.1. The average molecular weight is 225 g/mol. The summed E-state index contributed by atoms with van der Waals surface area (Å²) in [4.78, 5) is 1.19. The summed E-state index contributed by atoms with van der Waals surface area (Å²) in [6.07, 6.45) is 3.11. The average Bonchev–Trinajstić information content (AvgIpc) is 2.14. The third kappa shape index (κ3) is 1.03. The second kappa shape index (κ2) is 2.21. The molecular formula is C3H4IN3O. The molecule has 0 aliphatic rings. The van der Waals surface area contributed by atoms with Gasteiger partial charge in [0, 0.05) is 0 Å². The Balaban J connectivity index is 2.84. The minimum absolute atomic E-state index is 0.660. The first-order chi connectivity index (χ1) is 3.83. The molecule has 0 unspecified atom stereocenters. The van der Waals surface area contributed by atoms with Crippen molar-refractivity contribution in [1.29, 1.82) is 0 Å². The van der Waals surface area contributed by atoms with Crippen molar-refractivity contribution in [2.24, 2.45) is 0 Å². The molecule has 5 heteroatoms. The van der Waals surface area contributed by atoms with Gasteiger partial charge in [-0.2, -0.15) is 9.89 Å². The molecule has 4 nitrogen and oxygen atoms in total. The molecule has 8 heavy (non-hydrogen) atoms. The summed E-state index contributed by atoms with van der Waals surface area (Å²) in [5.41, 5.74) is 0. The van der Waals surface area contributed by atoms with Crippen LogP contribution in [0.3, 0.4) is 0 Å². The number of nitrogens with zero attached hydrogens (tertiary/aromatic N) is 2. The van der Waals surface area contributed by atoms with Gasteiger partial charge in [0.2, 0.25) is 0 Å². The third-order valence-electron chi connectivity index (χ3n) is 0.667. The zero-order valence-electron chi connectivity index (χ0n) is 3.91. The number of hydrogen-bond acceptors (Lipinski definition) is 3. The molecule has 0 amide bonds. The lowest BCUT2D eigenvalue weighted by Gasteiger charge is -1.83. The Morgan fingerprint density at radius 3 is 2.88 bits per heavy atom. The van der Waals surface area contributed by atoms with Gasteiger partial charge < -0.3 is 8.91 Å². The van der Waals surface area contributed by atoms with Gasteiger partial charge in [0.05, 0.1) is 12.4 Å². The number of nitrogen functional groups attached to an aromatic ring is 1. The maximum atomic E-state index is 5.18. The van der Waals surface area contributed by atoms with Crippen LogP contribution >= 0.6 is 23.0 Å². The molecule has 0 aromatic carbocycles. The molecule has 0 saturated carbocycles. The fraction of sp³-hybridized carbons (Fsp3) is 0. The lowest BCUT2D eigenvalue weighted by atomic mass is 10.7. The van der Waals surface area contributed by atoms with E-state index in [1.165, 1.54) is 11.0 Å². The Bertz CT molecular complexity index is 175. The summed E-state index contributed by atoms with van der Waals surface area (Å²) in [5.74, 6) is 5.84. The van der Waals surface area contributed by atoms with E-state index < -0.39 is 0 Å². The number of nitrogens with two attached hydrogens (primary N) is 1. The van der Waals surface area contributed by atoms with Crippen molar-refractivity contribution in [2.45, 2.75) is 0 Å². The van der Waals surface area contributed by atoms with Crippen LogP contribution in [0.4, 0.5) is 0 Å². The van der Waals surface area contributed by atoms with Crippen LogP contribution in [0.25, 0.3) is 0 Å². The molecular weight excluding hydrogens is 221 g/mol. The summed E-state index contributed by atoms with van der Waals surface area (Å²) in [7, 11) is 0. The van der Waals surface area contributed by atoms with E-state index in [1.54, 1.807) is 29.2 Å². The first-order valence-corrected chi connectivity index (χ1v) is 2.79. The summed E-state index contributed by atoms with van der Waals surface area (Å²) >= 11 is 1.76. The highest BCUT2D eigenvalue weighted by Crippen LogP contribution is 2.08. The van der Waals surface area contributed by atoms with E-state index in [0.29, 0.717) is 5.75 Å². The van der Waals surface area contributed by atoms with E-state index in [9.17, 15) is 0 Å². The molecule has 1 aromatic rings. The molecule has 0 radical (unpaired) electrons. The van der Waals surface area contributed by atoms with Crippen LogP contribution in [0.15, 0.2) is 12.4 Å². The highest BCUT2D eigenvalue weighted by atomic mass is 127. The van der Waals surface area contributed by atoms with Crippen LogP contribution in [0, 0.1) is 0 Å². The molecule has 0 saturated heterocycles. The van der Waals surface area contributed by atoms with Gasteiger partial charge in [0.15, 0.2) is 28.8 Å². The summed E-state index contributed by atoms with van der Waals surface area (Å²) < 4.78 is 4.74. The number of hydrogen-bond donors (Lipinski definition) is 1. The Kier molecular flexibility index (Phi) is 1.56. The zero-order valence-corrected chi connectivity index (χ0v) is 6.07. The fourth-order valence-electron chi connectivity index (χ4n) is 0.360. The van der Waals surface area contributed by atoms with Crippen LogP contribution in [0.1, 0.15) is 0 Å². The molecule has 2 N–H and O–H groups in total. The second-order valence-electron chi connectivity index (χ2n) is 1.23. The summed E-state index contributed by atoms with van der Waals surface area (Å²) in [5, 5.41) is 3.65. The third-order valence-corrected chi connectivity index (χ3v) is 1.18. The lowest BCUT2D eigenvalue weighted by Crippen LogP contribution is -2.06. The van der Waals surface area contributed by atoms with E-state index in [0.717, 1.165) is 0 Å². The van der Waals surface area contributed by atoms with E-state index in [4.69, 9.17) is 8.91 Å². The van der Waals surface area contributed by atoms with Crippen molar-refractivity contribution < 1.29 is 3.07 Å². The van der Waals surface area contributed by atoms with E-state index in [1.807, 2.05) is 0 Å². The fourth-order valence-corrected chi connectivity index (χ4v) is 0.588. The predicted octanol–water partition coefficient (Wildman–Crippen LogP) is 0.326. The molecule has 0 aliphatic heterocycles. The van der Waals surface area contributed by atoms with Crippen LogP contribution in [0.5, 0.6) is 5.75 Å². The predicted molar refractivity (Wildman–Crippen MR) is 37.0 cm³/mol. The van der Waals surface area contributed by atoms with Crippen LogP contribution in [-0.2, 0) is 0 Å². The minimum atomic E-state index is 0.660. The van der Waals surface area contributed by atoms with Crippen LogP contribution in [-0.4, -0.2) is 9.89 Å². The molecule has 1 heterocycles. The van der Waals surface area contributed by atoms with Crippen molar-refractivity contribution in [3.05, 3.63) is 12.4 Å². The lowest BCUT2D eigenvalue weighted by molar-refractivity contribution is 0.715. The van der Waals surface area contributed by atoms with Crippen molar-refractivity contribution in [2.75, 3.05) is 5.84 Å². The van der Waals surface area contributed by atoms with E-state index in [-0.39, 0.29) is 0 Å². The SMILES string of the molecule is Nn1cc(OI)cn1. The molecule has 44 valence electrons. The maximum absolute atomic E-state index is 5.18. The molecule has 1 aromatic heterocycles. The van der Waals surface area contributed by atoms with Gasteiger partial charge in [-0.25, -0.2) is 0 Å². The van der Waals surface area contributed by atoms with Crippen molar-refractivity contribution >= 4 is 23.0 Å². The van der Waals surface area contributed by atoms with Crippen LogP contribution in [0.2, 0.25) is 0 Å². The van der Waals surface area contributed by atoms with E-state index in [2.05, 4.69) is 5.10 Å². The zero-order chi connectivity index (χ0) is 5.98. The first-order valence-electron chi connectivity index (χ1n) is 1.91. The monoisotopic (exact) mass is 225 g/mol. The number of aromatic nitrogens is 2. The number of halogens is 1. The van der Waals surface area contributed by atoms with Crippen molar-refractivity contribution in [1.82, 2.24) is 9.89 Å². The molecule has 0 fully saturated rings. The largest absolute Gasteiger partial charge is 0.424 e. The van der Waals surface area contributed by atoms with Gasteiger partial charge in [-0.1, -0.05) is 0 Å².